The van der Waals surface area contributed by atoms with Gasteiger partial charge in [0.15, 0.2) is 11.2 Å². The van der Waals surface area contributed by atoms with Crippen LogP contribution >= 0.6 is 0 Å². The van der Waals surface area contributed by atoms with Gasteiger partial charge in [0.25, 0.3) is 5.91 Å². The van der Waals surface area contributed by atoms with Crippen LogP contribution in [0.25, 0.3) is 33.4 Å². The number of nitrogens with zero attached hydrogens (tertiary/aromatic N) is 1. The molecule has 40 heavy (non-hydrogen) atoms. The number of hydrogen-bond acceptors (Lipinski definition) is 5. The molecule has 0 bridgehead atoms. The molecule has 0 unspecified atom stereocenters. The second kappa shape index (κ2) is 11.2. The predicted molar refractivity (Wildman–Crippen MR) is 155 cm³/mol. The summed E-state index contributed by atoms with van der Waals surface area (Å²) in [6, 6.07) is 26.4. The average molecular weight is 531 g/mol. The molecule has 3 aromatic carbocycles. The number of amides is 2. The molecule has 0 spiro atoms. The van der Waals surface area contributed by atoms with Crippen molar-refractivity contribution in [1.29, 1.82) is 0 Å². The molecule has 5 aromatic rings. The molecule has 2 heterocycles. The maximum atomic E-state index is 13.3. The molecule has 0 saturated carbocycles. The first-order valence-electron chi connectivity index (χ1n) is 12.7. The number of aromatic amines is 1. The molecule has 3 N–H and O–H groups in total. The van der Waals surface area contributed by atoms with Gasteiger partial charge in [0.1, 0.15) is 6.04 Å². The van der Waals surface area contributed by atoms with Crippen molar-refractivity contribution < 1.29 is 14.4 Å². The number of carbonyl (C=O) groups is 3. The van der Waals surface area contributed by atoms with Gasteiger partial charge in [0, 0.05) is 39.5 Å². The largest absolute Gasteiger partial charge is 0.360 e. The van der Waals surface area contributed by atoms with E-state index in [2.05, 4.69) is 15.6 Å². The van der Waals surface area contributed by atoms with Gasteiger partial charge >= 0.3 is 0 Å². The van der Waals surface area contributed by atoms with Gasteiger partial charge in [-0.2, -0.15) is 0 Å². The lowest BCUT2D eigenvalue weighted by molar-refractivity contribution is -0.117. The number of benzene rings is 3. The Labute approximate surface area is 230 Å². The van der Waals surface area contributed by atoms with Gasteiger partial charge in [0.05, 0.1) is 17.0 Å². The van der Waals surface area contributed by atoms with Gasteiger partial charge in [-0.1, -0.05) is 60.7 Å². The number of rotatable bonds is 7. The van der Waals surface area contributed by atoms with Crippen LogP contribution in [0.4, 0.5) is 5.69 Å². The molecule has 198 valence electrons. The van der Waals surface area contributed by atoms with Crippen molar-refractivity contribution in [2.75, 3.05) is 5.32 Å². The van der Waals surface area contributed by atoms with Crippen LogP contribution in [0, 0.1) is 0 Å². The third kappa shape index (κ3) is 5.56. The lowest BCUT2D eigenvalue weighted by Crippen LogP contribution is -2.41. The Balaban J connectivity index is 1.38. The fourth-order valence-electron chi connectivity index (χ4n) is 4.33. The van der Waals surface area contributed by atoms with Crippen LogP contribution in [-0.4, -0.2) is 33.6 Å². The van der Waals surface area contributed by atoms with Crippen molar-refractivity contribution in [3.05, 3.63) is 119 Å². The van der Waals surface area contributed by atoms with Crippen molar-refractivity contribution in [2.45, 2.75) is 19.9 Å². The molecule has 1 atom stereocenters. The monoisotopic (exact) mass is 530 g/mol. The Hall–Kier alpha value is -5.37. The minimum absolute atomic E-state index is 0.0405. The van der Waals surface area contributed by atoms with Gasteiger partial charge in [-0.3, -0.25) is 19.2 Å². The van der Waals surface area contributed by atoms with E-state index < -0.39 is 23.3 Å². The quantitative estimate of drug-likeness (QED) is 0.249. The summed E-state index contributed by atoms with van der Waals surface area (Å²) in [5.41, 5.74) is 3.88. The summed E-state index contributed by atoms with van der Waals surface area (Å²) in [5, 5.41) is 5.77. The molecule has 2 aromatic heterocycles. The molecule has 0 radical (unpaired) electrons. The third-order valence-corrected chi connectivity index (χ3v) is 6.50. The Bertz CT molecular complexity index is 1740. The molecular formula is C32H26N4O4. The van der Waals surface area contributed by atoms with E-state index in [0.717, 1.165) is 11.1 Å². The lowest BCUT2D eigenvalue weighted by Gasteiger charge is -2.16. The molecule has 0 aliphatic heterocycles. The summed E-state index contributed by atoms with van der Waals surface area (Å²) >= 11 is 0. The molecule has 0 fully saturated rings. The lowest BCUT2D eigenvalue weighted by atomic mass is 10.0. The number of nitrogens with one attached hydrogen (secondary N) is 3. The Kier molecular flexibility index (Phi) is 7.33. The maximum Gasteiger partial charge on any atom is 0.252 e. The van der Waals surface area contributed by atoms with E-state index in [4.69, 9.17) is 4.98 Å². The summed E-state index contributed by atoms with van der Waals surface area (Å²) in [4.78, 5) is 58.4. The van der Waals surface area contributed by atoms with Crippen LogP contribution in [0.2, 0.25) is 0 Å². The van der Waals surface area contributed by atoms with Crippen molar-refractivity contribution in [3.8, 4) is 22.5 Å². The SMILES string of the molecule is CC(=O)c1c[nH]c2ccc(NC(=O)[C@H](C)NC(=O)c3cc(-c4ccccc4)nc(-c4ccccc4)c3)cc2c1=O. The highest BCUT2D eigenvalue weighted by Crippen LogP contribution is 2.25. The van der Waals surface area contributed by atoms with E-state index >= 15 is 0 Å². The van der Waals surface area contributed by atoms with E-state index in [1.807, 2.05) is 60.7 Å². The molecule has 0 saturated heterocycles. The predicted octanol–water partition coefficient (Wildman–Crippen LogP) is 5.22. The number of Topliss-reactive ketones (excluding diaryl/α,β-unsaturated/α-hetero) is 1. The number of carbonyl (C=O) groups excluding carboxylic acids is 3. The van der Waals surface area contributed by atoms with Crippen LogP contribution in [0.15, 0.2) is 102 Å². The smallest absolute Gasteiger partial charge is 0.252 e. The number of fused-ring (bicyclic) bond motifs is 1. The van der Waals surface area contributed by atoms with Crippen LogP contribution < -0.4 is 16.1 Å². The molecule has 8 heteroatoms. The summed E-state index contributed by atoms with van der Waals surface area (Å²) in [5.74, 6) is -1.25. The average Bonchev–Trinajstić information content (AvgIpc) is 2.98. The second-order valence-corrected chi connectivity index (χ2v) is 9.39. The van der Waals surface area contributed by atoms with Crippen LogP contribution in [0.3, 0.4) is 0 Å². The van der Waals surface area contributed by atoms with Gasteiger partial charge < -0.3 is 15.6 Å². The zero-order valence-electron chi connectivity index (χ0n) is 21.9. The number of anilines is 1. The third-order valence-electron chi connectivity index (χ3n) is 6.50. The van der Waals surface area contributed by atoms with E-state index in [1.165, 1.54) is 19.2 Å². The van der Waals surface area contributed by atoms with E-state index in [0.29, 0.717) is 28.2 Å². The van der Waals surface area contributed by atoms with Crippen molar-refractivity contribution in [3.63, 3.8) is 0 Å². The first-order chi connectivity index (χ1) is 19.3. The number of ketones is 1. The Morgan fingerprint density at radius 2 is 1.43 bits per heavy atom. The number of aromatic nitrogens is 2. The van der Waals surface area contributed by atoms with Gasteiger partial charge in [-0.25, -0.2) is 4.98 Å². The first kappa shape index (κ1) is 26.2. The first-order valence-corrected chi connectivity index (χ1v) is 12.7. The van der Waals surface area contributed by atoms with Crippen molar-refractivity contribution >= 4 is 34.2 Å². The maximum absolute atomic E-state index is 13.3. The van der Waals surface area contributed by atoms with Crippen LogP contribution in [0.1, 0.15) is 34.6 Å². The Morgan fingerprint density at radius 3 is 2.00 bits per heavy atom. The number of H-pyrrole nitrogens is 1. The highest BCUT2D eigenvalue weighted by atomic mass is 16.2. The summed E-state index contributed by atoms with van der Waals surface area (Å²) in [6.07, 6.45) is 1.38. The fourth-order valence-corrected chi connectivity index (χ4v) is 4.33. The van der Waals surface area contributed by atoms with Gasteiger partial charge in [-0.15, -0.1) is 0 Å². The normalized spacial score (nSPS) is 11.6. The molecule has 8 nitrogen and oxygen atoms in total. The second-order valence-electron chi connectivity index (χ2n) is 9.39. The van der Waals surface area contributed by atoms with Crippen molar-refractivity contribution in [2.24, 2.45) is 0 Å². The highest BCUT2D eigenvalue weighted by molar-refractivity contribution is 6.03. The zero-order valence-corrected chi connectivity index (χ0v) is 21.9. The molecule has 5 rings (SSSR count). The van der Waals surface area contributed by atoms with E-state index in [9.17, 15) is 19.2 Å². The summed E-state index contributed by atoms with van der Waals surface area (Å²) in [7, 11) is 0. The topological polar surface area (TPSA) is 121 Å². The molecular weight excluding hydrogens is 504 g/mol. The van der Waals surface area contributed by atoms with Crippen LogP contribution in [-0.2, 0) is 4.79 Å². The molecule has 2 amide bonds. The standard InChI is InChI=1S/C32H26N4O4/c1-19(31(39)35-24-13-14-27-25(17-24)30(38)26(18-33-27)20(2)37)34-32(40)23-15-28(21-9-5-3-6-10-21)36-29(16-23)22-11-7-4-8-12-22/h3-19H,1-2H3,(H,33,38)(H,34,40)(H,35,39)/t19-/m0/s1. The highest BCUT2D eigenvalue weighted by Gasteiger charge is 2.19. The van der Waals surface area contributed by atoms with Crippen molar-refractivity contribution in [1.82, 2.24) is 15.3 Å². The van der Waals surface area contributed by atoms with Crippen LogP contribution in [0.5, 0.6) is 0 Å². The van der Waals surface area contributed by atoms with E-state index in [-0.39, 0.29) is 16.7 Å². The minimum atomic E-state index is -0.890. The van der Waals surface area contributed by atoms with Gasteiger partial charge in [-0.05, 0) is 44.2 Å². The number of pyridine rings is 2. The Morgan fingerprint density at radius 1 is 0.825 bits per heavy atom. The zero-order chi connectivity index (χ0) is 28.2. The fraction of sp³-hybridized carbons (Fsp3) is 0.0938. The number of hydrogen-bond donors (Lipinski definition) is 3. The van der Waals surface area contributed by atoms with Gasteiger partial charge in [0.2, 0.25) is 5.91 Å². The summed E-state index contributed by atoms with van der Waals surface area (Å²) < 4.78 is 0. The van der Waals surface area contributed by atoms with E-state index in [1.54, 1.807) is 31.2 Å². The minimum Gasteiger partial charge on any atom is -0.360 e. The summed E-state index contributed by atoms with van der Waals surface area (Å²) in [6.45, 7) is 2.90. The molecule has 0 aliphatic rings. The molecule has 0 aliphatic carbocycles.